The number of rotatable bonds is 6. The topological polar surface area (TPSA) is 59.0 Å². The van der Waals surface area contributed by atoms with Crippen LogP contribution in [-0.2, 0) is 11.2 Å². The van der Waals surface area contributed by atoms with Gasteiger partial charge in [0.25, 0.3) is 0 Å². The van der Waals surface area contributed by atoms with Crippen molar-refractivity contribution < 1.29 is 19.4 Å². The van der Waals surface area contributed by atoms with Crippen LogP contribution in [0, 0.1) is 11.3 Å². The fourth-order valence-electron chi connectivity index (χ4n) is 4.53. The summed E-state index contributed by atoms with van der Waals surface area (Å²) < 4.78 is 10.9. The molecule has 26 heavy (non-hydrogen) atoms. The quantitative estimate of drug-likeness (QED) is 0.844. The summed E-state index contributed by atoms with van der Waals surface area (Å²) in [5.41, 5.74) is 2.46. The van der Waals surface area contributed by atoms with E-state index in [1.165, 1.54) is 11.1 Å². The molecule has 5 heteroatoms. The van der Waals surface area contributed by atoms with Crippen LogP contribution in [0.25, 0.3) is 0 Å². The highest BCUT2D eigenvalue weighted by Crippen LogP contribution is 2.43. The molecule has 0 aliphatic carbocycles. The van der Waals surface area contributed by atoms with E-state index in [2.05, 4.69) is 24.8 Å². The minimum absolute atomic E-state index is 0.00774. The number of carbonyl (C=O) groups is 1. The van der Waals surface area contributed by atoms with Crippen molar-refractivity contribution in [2.75, 3.05) is 33.9 Å². The number of hydrogen-bond acceptors (Lipinski definition) is 5. The van der Waals surface area contributed by atoms with Crippen LogP contribution in [0.5, 0.6) is 11.5 Å². The molecule has 3 rings (SSSR count). The van der Waals surface area contributed by atoms with Crippen LogP contribution in [-0.4, -0.2) is 49.7 Å². The maximum atomic E-state index is 12.9. The molecular weight excluding hydrogens is 330 g/mol. The fourth-order valence-corrected chi connectivity index (χ4v) is 4.53. The number of Topliss-reactive ketones (excluding diaryl/α,β-unsaturated/α-hetero) is 1. The molecule has 1 saturated heterocycles. The molecular formula is C21H31NO4. The Kier molecular flexibility index (Phi) is 5.58. The second-order valence-corrected chi connectivity index (χ2v) is 8.38. The average molecular weight is 361 g/mol. The lowest BCUT2D eigenvalue weighted by Crippen LogP contribution is -2.47. The molecule has 2 aliphatic rings. The van der Waals surface area contributed by atoms with Crippen LogP contribution >= 0.6 is 0 Å². The highest BCUT2D eigenvalue weighted by molar-refractivity contribution is 5.83. The summed E-state index contributed by atoms with van der Waals surface area (Å²) in [6, 6.07) is 4.25. The minimum atomic E-state index is -0.00774. The van der Waals surface area contributed by atoms with Gasteiger partial charge in [-0.25, -0.2) is 0 Å². The van der Waals surface area contributed by atoms with E-state index in [0.29, 0.717) is 12.2 Å². The number of aliphatic hydroxyl groups is 1. The Bertz CT molecular complexity index is 670. The number of carbonyl (C=O) groups excluding carboxylic acids is 1. The normalized spacial score (nSPS) is 23.3. The van der Waals surface area contributed by atoms with E-state index in [0.717, 1.165) is 43.9 Å². The molecule has 0 bridgehead atoms. The summed E-state index contributed by atoms with van der Waals surface area (Å²) in [6.07, 6.45) is 3.10. The molecule has 1 aromatic rings. The lowest BCUT2D eigenvalue weighted by Gasteiger charge is -2.44. The van der Waals surface area contributed by atoms with Crippen molar-refractivity contribution in [2.24, 2.45) is 11.3 Å². The van der Waals surface area contributed by atoms with Gasteiger partial charge in [0.05, 0.1) is 14.2 Å². The molecule has 0 radical (unpaired) electrons. The van der Waals surface area contributed by atoms with Gasteiger partial charge in [-0.3, -0.25) is 9.69 Å². The van der Waals surface area contributed by atoms with Gasteiger partial charge in [0, 0.05) is 38.1 Å². The first-order chi connectivity index (χ1) is 12.4. The van der Waals surface area contributed by atoms with E-state index >= 15 is 0 Å². The summed E-state index contributed by atoms with van der Waals surface area (Å²) in [4.78, 5) is 15.3. The van der Waals surface area contributed by atoms with Gasteiger partial charge < -0.3 is 14.6 Å². The molecule has 5 nitrogen and oxygen atoms in total. The Labute approximate surface area is 156 Å². The number of methoxy groups -OCH3 is 2. The van der Waals surface area contributed by atoms with Crippen molar-refractivity contribution in [1.82, 2.24) is 4.90 Å². The van der Waals surface area contributed by atoms with Crippen molar-refractivity contribution >= 4 is 5.78 Å². The number of aliphatic hydroxyl groups excluding tert-OH is 1. The molecule has 2 aliphatic heterocycles. The summed E-state index contributed by atoms with van der Waals surface area (Å²) in [6.45, 7) is 6.25. The summed E-state index contributed by atoms with van der Waals surface area (Å²) in [5.74, 6) is 1.90. The van der Waals surface area contributed by atoms with Gasteiger partial charge in [-0.05, 0) is 47.9 Å². The summed E-state index contributed by atoms with van der Waals surface area (Å²) in [7, 11) is 3.30. The Balaban J connectivity index is 1.81. The van der Waals surface area contributed by atoms with Crippen LogP contribution < -0.4 is 9.47 Å². The van der Waals surface area contributed by atoms with E-state index in [4.69, 9.17) is 9.47 Å². The molecule has 0 aromatic heterocycles. The molecule has 0 spiro atoms. The van der Waals surface area contributed by atoms with Crippen molar-refractivity contribution in [3.05, 3.63) is 23.3 Å². The van der Waals surface area contributed by atoms with Crippen molar-refractivity contribution in [3.8, 4) is 11.5 Å². The third kappa shape index (κ3) is 3.74. The summed E-state index contributed by atoms with van der Waals surface area (Å²) >= 11 is 0. The number of benzene rings is 1. The first kappa shape index (κ1) is 19.2. The average Bonchev–Trinajstić information content (AvgIpc) is 2.60. The van der Waals surface area contributed by atoms with Gasteiger partial charge in [-0.2, -0.15) is 0 Å². The van der Waals surface area contributed by atoms with Gasteiger partial charge in [0.2, 0.25) is 0 Å². The highest BCUT2D eigenvalue weighted by Gasteiger charge is 2.40. The van der Waals surface area contributed by atoms with Crippen LogP contribution in [0.3, 0.4) is 0 Å². The zero-order valence-corrected chi connectivity index (χ0v) is 16.4. The lowest BCUT2D eigenvalue weighted by atomic mass is 9.74. The summed E-state index contributed by atoms with van der Waals surface area (Å²) in [5, 5.41) is 9.27. The number of ketones is 1. The third-order valence-corrected chi connectivity index (χ3v) is 6.01. The van der Waals surface area contributed by atoms with Gasteiger partial charge >= 0.3 is 0 Å². The molecule has 1 fully saturated rings. The first-order valence-corrected chi connectivity index (χ1v) is 9.51. The van der Waals surface area contributed by atoms with Crippen molar-refractivity contribution in [1.29, 1.82) is 0 Å². The zero-order chi connectivity index (χ0) is 18.9. The molecule has 2 heterocycles. The monoisotopic (exact) mass is 361 g/mol. The smallest absolute Gasteiger partial charge is 0.161 e. The fraction of sp³-hybridized carbons (Fsp3) is 0.667. The van der Waals surface area contributed by atoms with Gasteiger partial charge in [-0.15, -0.1) is 0 Å². The Morgan fingerprint density at radius 1 is 1.23 bits per heavy atom. The predicted molar refractivity (Wildman–Crippen MR) is 101 cm³/mol. The Morgan fingerprint density at radius 3 is 2.58 bits per heavy atom. The van der Waals surface area contributed by atoms with Crippen LogP contribution in [0.15, 0.2) is 12.1 Å². The standard InChI is InChI=1S/C21H31NO4/c1-21(2,6-8-23)12-15-13-22-7-5-14-9-19(25-3)20(26-4)10-16(14)17(22)11-18(15)24/h9-10,15,17,23H,5-8,11-13H2,1-4H3/t15-,17-/m1/s1. The second-order valence-electron chi connectivity index (χ2n) is 8.38. The molecule has 0 unspecified atom stereocenters. The highest BCUT2D eigenvalue weighted by atomic mass is 16.5. The number of nitrogens with zero attached hydrogens (tertiary/aromatic N) is 1. The van der Waals surface area contributed by atoms with Crippen LogP contribution in [0.4, 0.5) is 0 Å². The molecule has 2 atom stereocenters. The minimum Gasteiger partial charge on any atom is -0.493 e. The van der Waals surface area contributed by atoms with Gasteiger partial charge in [0.1, 0.15) is 5.78 Å². The van der Waals surface area contributed by atoms with Crippen molar-refractivity contribution in [3.63, 3.8) is 0 Å². The SMILES string of the molecule is COc1cc2c(cc1OC)[C@H]1CC(=O)[C@H](CC(C)(C)CCO)CN1CC2. The van der Waals surface area contributed by atoms with Crippen molar-refractivity contribution in [2.45, 2.75) is 45.6 Å². The first-order valence-electron chi connectivity index (χ1n) is 9.51. The largest absolute Gasteiger partial charge is 0.493 e. The third-order valence-electron chi connectivity index (χ3n) is 6.01. The van der Waals surface area contributed by atoms with Gasteiger partial charge in [0.15, 0.2) is 11.5 Å². The van der Waals surface area contributed by atoms with E-state index in [1.807, 2.05) is 6.07 Å². The number of fused-ring (bicyclic) bond motifs is 3. The number of hydrogen-bond donors (Lipinski definition) is 1. The van der Waals surface area contributed by atoms with E-state index in [-0.39, 0.29) is 24.0 Å². The second kappa shape index (κ2) is 7.57. The number of piperidine rings is 1. The maximum Gasteiger partial charge on any atom is 0.161 e. The van der Waals surface area contributed by atoms with E-state index < -0.39 is 0 Å². The predicted octanol–water partition coefficient (Wildman–Crippen LogP) is 2.99. The van der Waals surface area contributed by atoms with Gasteiger partial charge in [-0.1, -0.05) is 13.8 Å². The van der Waals surface area contributed by atoms with E-state index in [9.17, 15) is 9.90 Å². The Hall–Kier alpha value is -1.59. The Morgan fingerprint density at radius 2 is 1.92 bits per heavy atom. The van der Waals surface area contributed by atoms with Crippen LogP contribution in [0.2, 0.25) is 0 Å². The lowest BCUT2D eigenvalue weighted by molar-refractivity contribution is -0.130. The van der Waals surface area contributed by atoms with Crippen LogP contribution in [0.1, 0.15) is 50.3 Å². The molecule has 0 saturated carbocycles. The maximum absolute atomic E-state index is 12.9. The molecule has 1 N–H and O–H groups in total. The molecule has 144 valence electrons. The zero-order valence-electron chi connectivity index (χ0n) is 16.4. The number of ether oxygens (including phenoxy) is 2. The molecule has 0 amide bonds. The van der Waals surface area contributed by atoms with E-state index in [1.54, 1.807) is 14.2 Å². The molecule has 1 aromatic carbocycles.